The van der Waals surface area contributed by atoms with Crippen LogP contribution in [0.25, 0.3) is 0 Å². The smallest absolute Gasteiger partial charge is 0.351 e. The van der Waals surface area contributed by atoms with E-state index in [1.165, 1.54) is 167 Å². The molecule has 0 spiro atoms. The Bertz CT molecular complexity index is 989. The monoisotopic (exact) mass is 880 g/mol. The van der Waals surface area contributed by atoms with E-state index < -0.39 is 42.3 Å². The Kier molecular flexibility index (Phi) is 43.8. The van der Waals surface area contributed by atoms with Gasteiger partial charge in [0.2, 0.25) is 5.60 Å². The van der Waals surface area contributed by atoms with Crippen molar-refractivity contribution in [3.63, 3.8) is 0 Å². The highest BCUT2D eigenvalue weighted by Gasteiger charge is 2.49. The minimum absolute atomic E-state index is 0.0113. The molecule has 0 saturated heterocycles. The van der Waals surface area contributed by atoms with Gasteiger partial charge in [0.05, 0.1) is 39.1 Å². The first kappa shape index (κ1) is 59.8. The summed E-state index contributed by atoms with van der Waals surface area (Å²) >= 11 is 0. The molecule has 0 aliphatic heterocycles. The van der Waals surface area contributed by atoms with Crippen LogP contribution in [0.1, 0.15) is 271 Å². The molecule has 0 aromatic carbocycles. The average molecular weight is 880 g/mol. The molecule has 0 saturated carbocycles. The third-order valence-corrected chi connectivity index (χ3v) is 12.1. The fourth-order valence-electron chi connectivity index (χ4n) is 7.97. The topological polar surface area (TPSA) is 108 Å². The highest BCUT2D eigenvalue weighted by atomic mass is 16.6. The second-order valence-corrected chi connectivity index (χ2v) is 18.6. The lowest BCUT2D eigenvalue weighted by atomic mass is 9.94. The number of rotatable bonds is 48. The van der Waals surface area contributed by atoms with E-state index in [1.807, 2.05) is 19.0 Å². The van der Waals surface area contributed by atoms with Crippen molar-refractivity contribution in [1.82, 2.24) is 4.90 Å². The summed E-state index contributed by atoms with van der Waals surface area (Å²) in [6.45, 7) is 7.66. The highest BCUT2D eigenvalue weighted by Crippen LogP contribution is 2.27. The molecule has 9 heteroatoms. The molecule has 0 N–H and O–H groups in total. The maximum Gasteiger partial charge on any atom is 0.351 e. The standard InChI is InChI=1S/C53H101NO8/c1-6-9-12-15-18-21-24-27-30-33-36-39-44-59-50(56)47-53(62-49(55)42-43-54(4)5,52(58)61-46-41-38-35-32-29-26-23-20-17-14-11-8-3)48-51(57)60-45-40-37-34-31-28-25-22-19-16-13-10-7-2/h6-48H2,1-5H3. The Labute approximate surface area is 383 Å². The van der Waals surface area contributed by atoms with Gasteiger partial charge in [-0.25, -0.2) is 4.79 Å². The van der Waals surface area contributed by atoms with E-state index in [2.05, 4.69) is 20.8 Å². The van der Waals surface area contributed by atoms with Gasteiger partial charge < -0.3 is 23.8 Å². The van der Waals surface area contributed by atoms with Crippen LogP contribution in [0.5, 0.6) is 0 Å². The lowest BCUT2D eigenvalue weighted by Crippen LogP contribution is -2.49. The van der Waals surface area contributed by atoms with Crippen LogP contribution in [0.2, 0.25) is 0 Å². The molecule has 0 aliphatic carbocycles. The van der Waals surface area contributed by atoms with Crippen LogP contribution in [0.4, 0.5) is 0 Å². The number of esters is 4. The lowest BCUT2D eigenvalue weighted by molar-refractivity contribution is -0.191. The van der Waals surface area contributed by atoms with Crippen molar-refractivity contribution in [1.29, 1.82) is 0 Å². The number of carbonyl (C=O) groups is 4. The molecular formula is C53H101NO8. The van der Waals surface area contributed by atoms with E-state index in [0.717, 1.165) is 44.9 Å². The molecule has 0 aromatic rings. The van der Waals surface area contributed by atoms with Crippen LogP contribution in [0.3, 0.4) is 0 Å². The molecule has 0 aliphatic rings. The first-order valence-corrected chi connectivity index (χ1v) is 26.6. The summed E-state index contributed by atoms with van der Waals surface area (Å²) in [5, 5.41) is 0. The molecule has 0 aromatic heterocycles. The van der Waals surface area contributed by atoms with Crippen molar-refractivity contribution in [2.45, 2.75) is 277 Å². The van der Waals surface area contributed by atoms with Crippen molar-refractivity contribution in [2.24, 2.45) is 0 Å². The summed E-state index contributed by atoms with van der Waals surface area (Å²) in [5.74, 6) is -2.94. The molecule has 0 amide bonds. The van der Waals surface area contributed by atoms with Crippen LogP contribution >= 0.6 is 0 Å². The van der Waals surface area contributed by atoms with Crippen LogP contribution in [-0.4, -0.2) is 74.8 Å². The van der Waals surface area contributed by atoms with Gasteiger partial charge in [-0.3, -0.25) is 14.4 Å². The summed E-state index contributed by atoms with van der Waals surface area (Å²) in [6.07, 6.45) is 41.6. The summed E-state index contributed by atoms with van der Waals surface area (Å²) < 4.78 is 22.8. The SMILES string of the molecule is CCCCCCCCCCCCCCOC(=O)CC(CC(=O)OCCCCCCCCCCCCCC)(OC(=O)CCN(C)C)C(=O)OCCCCCCCCCCCCCC. The van der Waals surface area contributed by atoms with Crippen LogP contribution in [-0.2, 0) is 38.1 Å². The molecule has 0 atom stereocenters. The first-order chi connectivity index (χ1) is 30.2. The fourth-order valence-corrected chi connectivity index (χ4v) is 7.97. The van der Waals surface area contributed by atoms with Gasteiger partial charge in [0.15, 0.2) is 0 Å². The zero-order valence-corrected chi connectivity index (χ0v) is 41.6. The Morgan fingerprint density at radius 3 is 0.887 bits per heavy atom. The van der Waals surface area contributed by atoms with Crippen molar-refractivity contribution in [3.05, 3.63) is 0 Å². The maximum absolute atomic E-state index is 14.0. The van der Waals surface area contributed by atoms with Crippen molar-refractivity contribution < 1.29 is 38.1 Å². The van der Waals surface area contributed by atoms with Gasteiger partial charge in [-0.2, -0.15) is 0 Å². The second-order valence-electron chi connectivity index (χ2n) is 18.6. The van der Waals surface area contributed by atoms with Crippen molar-refractivity contribution >= 4 is 23.9 Å². The van der Waals surface area contributed by atoms with Crippen molar-refractivity contribution in [3.8, 4) is 0 Å². The van der Waals surface area contributed by atoms with Gasteiger partial charge in [0, 0.05) is 6.54 Å². The normalized spacial score (nSPS) is 11.6. The molecule has 366 valence electrons. The predicted molar refractivity (Wildman–Crippen MR) is 257 cm³/mol. The molecule has 0 heterocycles. The molecule has 0 fully saturated rings. The first-order valence-electron chi connectivity index (χ1n) is 26.6. The van der Waals surface area contributed by atoms with E-state index in [1.54, 1.807) is 0 Å². The zero-order chi connectivity index (χ0) is 45.6. The molecule has 0 radical (unpaired) electrons. The van der Waals surface area contributed by atoms with E-state index >= 15 is 0 Å². The summed E-state index contributed by atoms with van der Waals surface area (Å²) in [5.41, 5.74) is -2.15. The minimum atomic E-state index is -2.15. The maximum atomic E-state index is 14.0. The van der Waals surface area contributed by atoms with Crippen LogP contribution < -0.4 is 0 Å². The van der Waals surface area contributed by atoms with E-state index in [-0.39, 0.29) is 26.2 Å². The van der Waals surface area contributed by atoms with E-state index in [4.69, 9.17) is 18.9 Å². The fraction of sp³-hybridized carbons (Fsp3) is 0.925. The number of hydrogen-bond donors (Lipinski definition) is 0. The number of unbranched alkanes of at least 4 members (excludes halogenated alkanes) is 33. The summed E-state index contributed by atoms with van der Waals surface area (Å²) in [6, 6.07) is 0. The molecule has 62 heavy (non-hydrogen) atoms. The zero-order valence-electron chi connectivity index (χ0n) is 41.6. The Morgan fingerprint density at radius 1 is 0.355 bits per heavy atom. The van der Waals surface area contributed by atoms with Gasteiger partial charge >= 0.3 is 23.9 Å². The largest absolute Gasteiger partial charge is 0.466 e. The summed E-state index contributed by atoms with van der Waals surface area (Å²) in [7, 11) is 3.67. The van der Waals surface area contributed by atoms with E-state index in [0.29, 0.717) is 25.8 Å². The Morgan fingerprint density at radius 2 is 0.613 bits per heavy atom. The van der Waals surface area contributed by atoms with Gasteiger partial charge in [-0.15, -0.1) is 0 Å². The Balaban J connectivity index is 5.23. The molecular weight excluding hydrogens is 779 g/mol. The summed E-state index contributed by atoms with van der Waals surface area (Å²) in [4.78, 5) is 55.8. The molecule has 0 unspecified atom stereocenters. The quantitative estimate of drug-likeness (QED) is 0.0335. The molecule has 0 rings (SSSR count). The minimum Gasteiger partial charge on any atom is -0.466 e. The van der Waals surface area contributed by atoms with Crippen LogP contribution in [0.15, 0.2) is 0 Å². The Hall–Kier alpha value is -2.16. The van der Waals surface area contributed by atoms with Gasteiger partial charge in [-0.1, -0.05) is 233 Å². The lowest BCUT2D eigenvalue weighted by Gasteiger charge is -2.30. The predicted octanol–water partition coefficient (Wildman–Crippen LogP) is 14.7. The van der Waals surface area contributed by atoms with Crippen LogP contribution in [0, 0.1) is 0 Å². The van der Waals surface area contributed by atoms with Gasteiger partial charge in [-0.05, 0) is 33.4 Å². The molecule has 0 bridgehead atoms. The van der Waals surface area contributed by atoms with Gasteiger partial charge in [0.25, 0.3) is 0 Å². The van der Waals surface area contributed by atoms with E-state index in [9.17, 15) is 19.2 Å². The third kappa shape index (κ3) is 39.4. The van der Waals surface area contributed by atoms with Crippen molar-refractivity contribution in [2.75, 3.05) is 40.5 Å². The van der Waals surface area contributed by atoms with Gasteiger partial charge in [0.1, 0.15) is 0 Å². The number of nitrogens with zero attached hydrogens (tertiary/aromatic N) is 1. The number of hydrogen-bond acceptors (Lipinski definition) is 9. The number of ether oxygens (including phenoxy) is 4. The molecule has 9 nitrogen and oxygen atoms in total. The average Bonchev–Trinajstić information content (AvgIpc) is 3.24. The highest BCUT2D eigenvalue weighted by molar-refractivity contribution is 5.92. The number of carbonyl (C=O) groups excluding carboxylic acids is 4. The second kappa shape index (κ2) is 45.4. The third-order valence-electron chi connectivity index (χ3n) is 12.1.